The summed E-state index contributed by atoms with van der Waals surface area (Å²) in [4.78, 5) is 25.7. The van der Waals surface area contributed by atoms with Crippen molar-refractivity contribution in [2.24, 2.45) is 0 Å². The van der Waals surface area contributed by atoms with Crippen molar-refractivity contribution in [2.45, 2.75) is 25.1 Å². The monoisotopic (exact) mass is 376 g/mol. The quantitative estimate of drug-likeness (QED) is 0.837. The number of benzene rings is 2. The van der Waals surface area contributed by atoms with Gasteiger partial charge in [-0.05, 0) is 24.6 Å². The smallest absolute Gasteiger partial charge is 0.238 e. The van der Waals surface area contributed by atoms with Crippen LogP contribution in [0, 0.1) is 11.6 Å². The van der Waals surface area contributed by atoms with Gasteiger partial charge in [-0.25, -0.2) is 8.78 Å². The Kier molecular flexibility index (Phi) is 5.56. The first-order chi connectivity index (χ1) is 12.5. The van der Waals surface area contributed by atoms with E-state index in [9.17, 15) is 18.4 Å². The summed E-state index contributed by atoms with van der Waals surface area (Å²) >= 11 is 1.34. The summed E-state index contributed by atoms with van der Waals surface area (Å²) in [6, 6.07) is 10.3. The van der Waals surface area contributed by atoms with Crippen molar-refractivity contribution in [3.63, 3.8) is 0 Å². The van der Waals surface area contributed by atoms with Gasteiger partial charge in [-0.1, -0.05) is 25.1 Å². The maximum Gasteiger partial charge on any atom is 0.238 e. The van der Waals surface area contributed by atoms with Crippen LogP contribution in [0.3, 0.4) is 0 Å². The molecule has 1 aliphatic heterocycles. The minimum Gasteiger partial charge on any atom is -0.326 e. The molecule has 2 aromatic rings. The van der Waals surface area contributed by atoms with E-state index in [2.05, 4.69) is 5.32 Å². The number of rotatable bonds is 5. The van der Waals surface area contributed by atoms with Gasteiger partial charge in [0.05, 0.1) is 11.4 Å². The summed E-state index contributed by atoms with van der Waals surface area (Å²) < 4.78 is 27.5. The lowest BCUT2D eigenvalue weighted by atomic mass is 10.1. The van der Waals surface area contributed by atoms with Gasteiger partial charge < -0.3 is 5.32 Å². The Hall–Kier alpha value is -2.41. The maximum absolute atomic E-state index is 14.3. The minimum atomic E-state index is -0.793. The van der Waals surface area contributed by atoms with Gasteiger partial charge in [0, 0.05) is 23.7 Å². The SMILES string of the molecule is CCCC(=O)Nc1ccccc1C1SCC(=O)N1c1ccc(F)cc1F. The maximum atomic E-state index is 14.3. The second-order valence-corrected chi connectivity index (χ2v) is 6.98. The van der Waals surface area contributed by atoms with E-state index < -0.39 is 17.0 Å². The number of amides is 2. The molecule has 2 amide bonds. The molecule has 4 nitrogen and oxygen atoms in total. The summed E-state index contributed by atoms with van der Waals surface area (Å²) in [5.41, 5.74) is 1.32. The Bertz CT molecular complexity index is 844. The highest BCUT2D eigenvalue weighted by molar-refractivity contribution is 8.00. The molecule has 3 rings (SSSR count). The highest BCUT2D eigenvalue weighted by atomic mass is 32.2. The number of anilines is 2. The number of hydrogen-bond acceptors (Lipinski definition) is 3. The summed E-state index contributed by atoms with van der Waals surface area (Å²) in [6.07, 6.45) is 1.11. The first kappa shape index (κ1) is 18.4. The van der Waals surface area contributed by atoms with E-state index in [1.807, 2.05) is 6.92 Å². The van der Waals surface area contributed by atoms with Crippen LogP contribution in [0.4, 0.5) is 20.2 Å². The van der Waals surface area contributed by atoms with Crippen molar-refractivity contribution in [2.75, 3.05) is 16.0 Å². The van der Waals surface area contributed by atoms with E-state index >= 15 is 0 Å². The molecule has 7 heteroatoms. The molecule has 1 aliphatic rings. The van der Waals surface area contributed by atoms with E-state index in [0.717, 1.165) is 18.6 Å². The van der Waals surface area contributed by atoms with Crippen LogP contribution in [0.5, 0.6) is 0 Å². The molecule has 136 valence electrons. The third kappa shape index (κ3) is 3.72. The van der Waals surface area contributed by atoms with E-state index in [-0.39, 0.29) is 23.3 Å². The van der Waals surface area contributed by atoms with Gasteiger partial charge in [0.15, 0.2) is 0 Å². The zero-order valence-electron chi connectivity index (χ0n) is 14.2. The molecule has 1 fully saturated rings. The minimum absolute atomic E-state index is 0.0288. The van der Waals surface area contributed by atoms with Gasteiger partial charge in [0.2, 0.25) is 11.8 Å². The Balaban J connectivity index is 1.97. The van der Waals surface area contributed by atoms with Crippen LogP contribution in [0.25, 0.3) is 0 Å². The van der Waals surface area contributed by atoms with Crippen LogP contribution in [0.2, 0.25) is 0 Å². The number of carbonyl (C=O) groups excluding carboxylic acids is 2. The van der Waals surface area contributed by atoms with E-state index in [4.69, 9.17) is 0 Å². The van der Waals surface area contributed by atoms with Gasteiger partial charge in [0.1, 0.15) is 17.0 Å². The third-order valence-corrected chi connectivity index (χ3v) is 5.21. The Morgan fingerprint density at radius 3 is 2.77 bits per heavy atom. The number of nitrogens with zero attached hydrogens (tertiary/aromatic N) is 1. The molecule has 1 unspecified atom stereocenters. The molecule has 0 saturated carbocycles. The molecule has 2 aromatic carbocycles. The summed E-state index contributed by atoms with van der Waals surface area (Å²) in [5, 5.41) is 2.36. The van der Waals surface area contributed by atoms with E-state index in [0.29, 0.717) is 17.7 Å². The highest BCUT2D eigenvalue weighted by Crippen LogP contribution is 2.44. The highest BCUT2D eigenvalue weighted by Gasteiger charge is 2.36. The predicted molar refractivity (Wildman–Crippen MR) is 99.0 cm³/mol. The number of hydrogen-bond donors (Lipinski definition) is 1. The predicted octanol–water partition coefficient (Wildman–Crippen LogP) is 4.48. The molecule has 1 heterocycles. The average Bonchev–Trinajstić information content (AvgIpc) is 2.97. The Labute approximate surface area is 154 Å². The van der Waals surface area contributed by atoms with Crippen LogP contribution in [0.15, 0.2) is 42.5 Å². The van der Waals surface area contributed by atoms with Crippen LogP contribution in [-0.2, 0) is 9.59 Å². The summed E-state index contributed by atoms with van der Waals surface area (Å²) in [6.45, 7) is 1.91. The van der Waals surface area contributed by atoms with Gasteiger partial charge in [0.25, 0.3) is 0 Å². The van der Waals surface area contributed by atoms with Crippen LogP contribution >= 0.6 is 11.8 Å². The van der Waals surface area contributed by atoms with Crippen LogP contribution in [-0.4, -0.2) is 17.6 Å². The summed E-state index contributed by atoms with van der Waals surface area (Å²) in [5.74, 6) is -1.69. The van der Waals surface area contributed by atoms with Gasteiger partial charge >= 0.3 is 0 Å². The largest absolute Gasteiger partial charge is 0.326 e. The van der Waals surface area contributed by atoms with Gasteiger partial charge in [-0.15, -0.1) is 11.8 Å². The average molecular weight is 376 g/mol. The molecule has 0 bridgehead atoms. The standard InChI is InChI=1S/C19H18F2N2O2S/c1-2-5-17(24)22-15-7-4-3-6-13(15)19-23(18(25)11-26-19)16-9-8-12(20)10-14(16)21/h3-4,6-10,19H,2,5,11H2,1H3,(H,22,24). The van der Waals surface area contributed by atoms with E-state index in [1.165, 1.54) is 22.7 Å². The fourth-order valence-corrected chi connectivity index (χ4v) is 4.06. The van der Waals surface area contributed by atoms with Crippen LogP contribution < -0.4 is 10.2 Å². The Morgan fingerprint density at radius 1 is 1.27 bits per heavy atom. The fraction of sp³-hybridized carbons (Fsp3) is 0.263. The van der Waals surface area contributed by atoms with Crippen molar-refractivity contribution in [1.82, 2.24) is 0 Å². The Morgan fingerprint density at radius 2 is 2.04 bits per heavy atom. The molecular weight excluding hydrogens is 358 g/mol. The van der Waals surface area contributed by atoms with Crippen molar-refractivity contribution >= 4 is 35.0 Å². The number of thioether (sulfide) groups is 1. The van der Waals surface area contributed by atoms with Gasteiger partial charge in [-0.3, -0.25) is 14.5 Å². The molecule has 0 aliphatic carbocycles. The fourth-order valence-electron chi connectivity index (χ4n) is 2.86. The van der Waals surface area contributed by atoms with Crippen LogP contribution in [0.1, 0.15) is 30.7 Å². The van der Waals surface area contributed by atoms with Crippen molar-refractivity contribution < 1.29 is 18.4 Å². The summed E-state index contributed by atoms with van der Waals surface area (Å²) in [7, 11) is 0. The molecular formula is C19H18F2N2O2S. The van der Waals surface area contributed by atoms with Crippen molar-refractivity contribution in [1.29, 1.82) is 0 Å². The lowest BCUT2D eigenvalue weighted by molar-refractivity contribution is -0.116. The molecule has 0 aromatic heterocycles. The molecule has 0 spiro atoms. The zero-order chi connectivity index (χ0) is 18.7. The molecule has 26 heavy (non-hydrogen) atoms. The first-order valence-corrected chi connectivity index (χ1v) is 9.33. The number of carbonyl (C=O) groups is 2. The van der Waals surface area contributed by atoms with Crippen molar-refractivity contribution in [3.8, 4) is 0 Å². The third-order valence-electron chi connectivity index (χ3n) is 4.02. The molecule has 0 radical (unpaired) electrons. The van der Waals surface area contributed by atoms with Crippen molar-refractivity contribution in [3.05, 3.63) is 59.7 Å². The van der Waals surface area contributed by atoms with Gasteiger partial charge in [-0.2, -0.15) is 0 Å². The number of para-hydroxylation sites is 1. The second kappa shape index (κ2) is 7.86. The molecule has 1 saturated heterocycles. The first-order valence-electron chi connectivity index (χ1n) is 8.28. The molecule has 1 atom stereocenters. The second-order valence-electron chi connectivity index (χ2n) is 5.91. The lowest BCUT2D eigenvalue weighted by Gasteiger charge is -2.26. The lowest BCUT2D eigenvalue weighted by Crippen LogP contribution is -2.29. The normalized spacial score (nSPS) is 16.8. The number of halogens is 2. The zero-order valence-corrected chi connectivity index (χ0v) is 15.0. The number of nitrogens with one attached hydrogen (secondary N) is 1. The topological polar surface area (TPSA) is 49.4 Å². The van der Waals surface area contributed by atoms with E-state index in [1.54, 1.807) is 24.3 Å². The molecule has 1 N–H and O–H groups in total.